The van der Waals surface area contributed by atoms with Gasteiger partial charge in [-0.15, -0.1) is 0 Å². The van der Waals surface area contributed by atoms with Gasteiger partial charge in [0, 0.05) is 11.1 Å². The summed E-state index contributed by atoms with van der Waals surface area (Å²) >= 11 is 0. The molecular weight excluding hydrogens is 260 g/mol. The molecule has 0 atom stereocenters. The van der Waals surface area contributed by atoms with Gasteiger partial charge in [-0.2, -0.15) is 0 Å². The van der Waals surface area contributed by atoms with E-state index in [4.69, 9.17) is 11.5 Å². The predicted octanol–water partition coefficient (Wildman–Crippen LogP) is 1.04. The van der Waals surface area contributed by atoms with Crippen LogP contribution in [0.1, 0.15) is 31.8 Å². The minimum absolute atomic E-state index is 0.0164. The highest BCUT2D eigenvalue weighted by Crippen LogP contribution is 2.41. The van der Waals surface area contributed by atoms with Crippen molar-refractivity contribution in [2.45, 2.75) is 0 Å². The molecule has 3 rings (SSSR count). The van der Waals surface area contributed by atoms with Crippen LogP contribution in [0.25, 0.3) is 0 Å². The van der Waals surface area contributed by atoms with E-state index in [1.807, 2.05) is 0 Å². The molecule has 0 heterocycles. The van der Waals surface area contributed by atoms with Crippen molar-refractivity contribution in [3.05, 3.63) is 46.5 Å². The number of ketones is 2. The topological polar surface area (TPSA) is 127 Å². The molecule has 0 saturated heterocycles. The number of carbonyl (C=O) groups is 2. The highest BCUT2D eigenvalue weighted by molar-refractivity contribution is 6.31. The number of aromatic hydroxyl groups is 2. The Morgan fingerprint density at radius 2 is 1.60 bits per heavy atom. The number of anilines is 2. The summed E-state index contributed by atoms with van der Waals surface area (Å²) in [5.74, 6) is -2.00. The molecule has 6 N–H and O–H groups in total. The second-order valence-corrected chi connectivity index (χ2v) is 4.51. The van der Waals surface area contributed by atoms with Crippen molar-refractivity contribution in [3.8, 4) is 11.5 Å². The van der Waals surface area contributed by atoms with E-state index in [2.05, 4.69) is 0 Å². The fraction of sp³-hybridized carbons (Fsp3) is 0. The van der Waals surface area contributed by atoms with Crippen molar-refractivity contribution < 1.29 is 19.8 Å². The lowest BCUT2D eigenvalue weighted by Gasteiger charge is -2.20. The number of hydrogen-bond acceptors (Lipinski definition) is 6. The summed E-state index contributed by atoms with van der Waals surface area (Å²) in [7, 11) is 0. The van der Waals surface area contributed by atoms with Gasteiger partial charge in [0.15, 0.2) is 11.5 Å². The SMILES string of the molecule is Nc1cc2c(c(O)c1N)C(=O)c1c(O)cccc1C2=O. The average Bonchev–Trinajstić information content (AvgIpc) is 2.41. The Morgan fingerprint density at radius 3 is 2.30 bits per heavy atom. The van der Waals surface area contributed by atoms with Crippen LogP contribution in [0.5, 0.6) is 11.5 Å². The molecule has 6 nitrogen and oxygen atoms in total. The molecule has 0 fully saturated rings. The Labute approximate surface area is 113 Å². The first-order valence-corrected chi connectivity index (χ1v) is 5.75. The number of phenolic OH excluding ortho intramolecular Hbond substituents is 2. The molecule has 1 aliphatic rings. The molecule has 0 spiro atoms. The molecule has 0 unspecified atom stereocenters. The number of fused-ring (bicyclic) bond motifs is 2. The molecular formula is C14H10N2O4. The molecule has 0 aliphatic heterocycles. The third-order valence-corrected chi connectivity index (χ3v) is 3.36. The number of phenols is 2. The summed E-state index contributed by atoms with van der Waals surface area (Å²) in [5, 5.41) is 19.7. The largest absolute Gasteiger partial charge is 0.507 e. The van der Waals surface area contributed by atoms with Gasteiger partial charge in [0.2, 0.25) is 5.78 Å². The zero-order valence-electron chi connectivity index (χ0n) is 10.2. The molecule has 0 saturated carbocycles. The predicted molar refractivity (Wildman–Crippen MR) is 71.9 cm³/mol. The van der Waals surface area contributed by atoms with E-state index < -0.39 is 17.3 Å². The normalized spacial score (nSPS) is 13.0. The molecule has 20 heavy (non-hydrogen) atoms. The number of nitrogens with two attached hydrogens (primary N) is 2. The summed E-state index contributed by atoms with van der Waals surface area (Å²) in [6, 6.07) is 5.46. The lowest BCUT2D eigenvalue weighted by atomic mass is 9.82. The number of nitrogen functional groups attached to an aromatic ring is 2. The van der Waals surface area contributed by atoms with Gasteiger partial charge in [-0.05, 0) is 12.1 Å². The average molecular weight is 270 g/mol. The monoisotopic (exact) mass is 270 g/mol. The second-order valence-electron chi connectivity index (χ2n) is 4.51. The summed E-state index contributed by atoms with van der Waals surface area (Å²) in [6.07, 6.45) is 0. The quantitative estimate of drug-likeness (QED) is 0.357. The second kappa shape index (κ2) is 3.74. The van der Waals surface area contributed by atoms with E-state index in [0.717, 1.165) is 0 Å². The van der Waals surface area contributed by atoms with E-state index in [1.54, 1.807) is 0 Å². The van der Waals surface area contributed by atoms with Crippen molar-refractivity contribution in [2.75, 3.05) is 11.5 Å². The molecule has 0 radical (unpaired) electrons. The zero-order valence-corrected chi connectivity index (χ0v) is 10.2. The molecule has 0 bridgehead atoms. The number of hydrogen-bond donors (Lipinski definition) is 4. The third kappa shape index (κ3) is 1.33. The van der Waals surface area contributed by atoms with Gasteiger partial charge < -0.3 is 21.7 Å². The molecule has 100 valence electrons. The molecule has 6 heteroatoms. The van der Waals surface area contributed by atoms with Gasteiger partial charge in [0.25, 0.3) is 0 Å². The first kappa shape index (κ1) is 12.0. The van der Waals surface area contributed by atoms with Crippen molar-refractivity contribution >= 4 is 22.9 Å². The summed E-state index contributed by atoms with van der Waals surface area (Å²) < 4.78 is 0. The molecule has 0 amide bonds. The fourth-order valence-corrected chi connectivity index (χ4v) is 2.35. The molecule has 2 aromatic rings. The smallest absolute Gasteiger partial charge is 0.202 e. The van der Waals surface area contributed by atoms with Crippen LogP contribution in [0.2, 0.25) is 0 Å². The summed E-state index contributed by atoms with van der Waals surface area (Å²) in [4.78, 5) is 24.7. The Morgan fingerprint density at radius 1 is 0.900 bits per heavy atom. The van der Waals surface area contributed by atoms with E-state index >= 15 is 0 Å². The number of rotatable bonds is 0. The number of carbonyl (C=O) groups excluding carboxylic acids is 2. The van der Waals surface area contributed by atoms with Crippen molar-refractivity contribution in [2.24, 2.45) is 0 Å². The minimum Gasteiger partial charge on any atom is -0.507 e. The van der Waals surface area contributed by atoms with Gasteiger partial charge in [0.1, 0.15) is 5.75 Å². The highest BCUT2D eigenvalue weighted by atomic mass is 16.3. The van der Waals surface area contributed by atoms with Crippen LogP contribution in [-0.2, 0) is 0 Å². The van der Waals surface area contributed by atoms with Crippen LogP contribution in [0.3, 0.4) is 0 Å². The maximum Gasteiger partial charge on any atom is 0.202 e. The molecule has 1 aliphatic carbocycles. The van der Waals surface area contributed by atoms with Gasteiger partial charge in [-0.1, -0.05) is 12.1 Å². The van der Waals surface area contributed by atoms with Crippen molar-refractivity contribution in [3.63, 3.8) is 0 Å². The lowest BCUT2D eigenvalue weighted by molar-refractivity contribution is 0.0974. The van der Waals surface area contributed by atoms with Crippen LogP contribution in [0, 0.1) is 0 Å². The van der Waals surface area contributed by atoms with Gasteiger partial charge in [-0.3, -0.25) is 9.59 Å². The summed E-state index contributed by atoms with van der Waals surface area (Å²) in [6.45, 7) is 0. The maximum absolute atomic E-state index is 12.4. The summed E-state index contributed by atoms with van der Waals surface area (Å²) in [5.41, 5.74) is 10.7. The maximum atomic E-state index is 12.4. The van der Waals surface area contributed by atoms with Crippen LogP contribution in [0.15, 0.2) is 24.3 Å². The number of benzene rings is 2. The van der Waals surface area contributed by atoms with E-state index in [-0.39, 0.29) is 39.4 Å². The Hall–Kier alpha value is -3.02. The fourth-order valence-electron chi connectivity index (χ4n) is 2.35. The first-order chi connectivity index (χ1) is 9.43. The van der Waals surface area contributed by atoms with Gasteiger partial charge >= 0.3 is 0 Å². The minimum atomic E-state index is -0.656. The Kier molecular flexibility index (Phi) is 2.25. The van der Waals surface area contributed by atoms with Gasteiger partial charge in [-0.25, -0.2) is 0 Å². The molecule has 0 aromatic heterocycles. The van der Waals surface area contributed by atoms with Crippen LogP contribution < -0.4 is 11.5 Å². The Balaban J connectivity index is 2.42. The van der Waals surface area contributed by atoms with Crippen LogP contribution in [-0.4, -0.2) is 21.8 Å². The van der Waals surface area contributed by atoms with Crippen LogP contribution in [0.4, 0.5) is 11.4 Å². The zero-order chi connectivity index (χ0) is 14.6. The van der Waals surface area contributed by atoms with E-state index in [9.17, 15) is 19.8 Å². The van der Waals surface area contributed by atoms with Gasteiger partial charge in [0.05, 0.1) is 22.5 Å². The third-order valence-electron chi connectivity index (χ3n) is 3.36. The Bertz CT molecular complexity index is 796. The lowest BCUT2D eigenvalue weighted by Crippen LogP contribution is -2.22. The standard InChI is InChI=1S/C14H10N2O4/c15-7-4-6-10(14(20)11(7)16)13(19)9-5(12(6)18)2-1-3-8(9)17/h1-4,17,20H,15-16H2. The van der Waals surface area contributed by atoms with Crippen molar-refractivity contribution in [1.29, 1.82) is 0 Å². The molecule has 2 aromatic carbocycles. The highest BCUT2D eigenvalue weighted by Gasteiger charge is 2.35. The van der Waals surface area contributed by atoms with E-state index in [1.165, 1.54) is 24.3 Å². The first-order valence-electron chi connectivity index (χ1n) is 5.75. The van der Waals surface area contributed by atoms with Crippen molar-refractivity contribution in [1.82, 2.24) is 0 Å². The van der Waals surface area contributed by atoms with Crippen LogP contribution >= 0.6 is 0 Å². The van der Waals surface area contributed by atoms with E-state index in [0.29, 0.717) is 0 Å².